The Morgan fingerprint density at radius 1 is 1.12 bits per heavy atom. The zero-order chi connectivity index (χ0) is 12.3. The van der Waals surface area contributed by atoms with Crippen LogP contribution in [0, 0.1) is 3.57 Å². The van der Waals surface area contributed by atoms with Gasteiger partial charge in [0.25, 0.3) is 0 Å². The first-order valence-electron chi connectivity index (χ1n) is 5.07. The average molecular weight is 360 g/mol. The number of rotatable bonds is 3. The topological polar surface area (TPSA) is 35.2 Å². The summed E-state index contributed by atoms with van der Waals surface area (Å²) in [6, 6.07) is 13.4. The van der Waals surface area contributed by atoms with Gasteiger partial charge in [-0.1, -0.05) is 23.7 Å². The molecule has 0 radical (unpaired) electrons. The molecule has 0 atom stereocenters. The molecule has 0 unspecified atom stereocenters. The number of ether oxygens (including phenoxy) is 1. The molecule has 0 aliphatic rings. The molecule has 0 amide bonds. The molecule has 2 nitrogen and oxygen atoms in total. The molecule has 0 bridgehead atoms. The Balaban J connectivity index is 2.07. The molecule has 0 saturated carbocycles. The van der Waals surface area contributed by atoms with Crippen molar-refractivity contribution in [3.63, 3.8) is 0 Å². The fourth-order valence-electron chi connectivity index (χ4n) is 1.37. The highest BCUT2D eigenvalue weighted by Crippen LogP contribution is 2.26. The summed E-state index contributed by atoms with van der Waals surface area (Å²) in [7, 11) is 0. The first-order valence-corrected chi connectivity index (χ1v) is 6.53. The van der Waals surface area contributed by atoms with Gasteiger partial charge in [-0.3, -0.25) is 0 Å². The third-order valence-electron chi connectivity index (χ3n) is 2.28. The van der Waals surface area contributed by atoms with Crippen molar-refractivity contribution in [2.45, 2.75) is 6.61 Å². The van der Waals surface area contributed by atoms with Gasteiger partial charge in [-0.15, -0.1) is 0 Å². The van der Waals surface area contributed by atoms with E-state index >= 15 is 0 Å². The van der Waals surface area contributed by atoms with Gasteiger partial charge in [-0.2, -0.15) is 0 Å². The van der Waals surface area contributed by atoms with Crippen LogP contribution >= 0.6 is 34.2 Å². The first kappa shape index (κ1) is 12.5. The lowest BCUT2D eigenvalue weighted by atomic mass is 10.2. The van der Waals surface area contributed by atoms with Gasteiger partial charge in [0.2, 0.25) is 0 Å². The van der Waals surface area contributed by atoms with E-state index < -0.39 is 0 Å². The summed E-state index contributed by atoms with van der Waals surface area (Å²) in [5, 5.41) is 0.622. The Morgan fingerprint density at radius 3 is 2.53 bits per heavy atom. The number of hydrogen-bond acceptors (Lipinski definition) is 2. The van der Waals surface area contributed by atoms with Gasteiger partial charge in [0.1, 0.15) is 12.4 Å². The summed E-state index contributed by atoms with van der Waals surface area (Å²) in [6.45, 7) is 0.488. The quantitative estimate of drug-likeness (QED) is 0.661. The lowest BCUT2D eigenvalue weighted by Crippen LogP contribution is -1.98. The monoisotopic (exact) mass is 359 g/mol. The number of hydrogen-bond donors (Lipinski definition) is 1. The van der Waals surface area contributed by atoms with Crippen molar-refractivity contribution in [1.29, 1.82) is 0 Å². The largest absolute Gasteiger partial charge is 0.487 e. The number of nitrogens with two attached hydrogens (primary N) is 1. The fourth-order valence-corrected chi connectivity index (χ4v) is 1.90. The molecule has 0 heterocycles. The molecule has 2 rings (SSSR count). The highest BCUT2D eigenvalue weighted by Gasteiger charge is 2.02. The zero-order valence-electron chi connectivity index (χ0n) is 8.99. The van der Waals surface area contributed by atoms with Crippen LogP contribution < -0.4 is 10.5 Å². The van der Waals surface area contributed by atoms with Crippen molar-refractivity contribution in [3.8, 4) is 5.75 Å². The highest BCUT2D eigenvalue weighted by molar-refractivity contribution is 14.1. The SMILES string of the molecule is Nc1ccc(Cl)cc1OCc1ccc(I)cc1. The minimum atomic E-state index is 0.488. The van der Waals surface area contributed by atoms with Crippen LogP contribution in [0.3, 0.4) is 0 Å². The summed E-state index contributed by atoms with van der Waals surface area (Å²) in [6.07, 6.45) is 0. The molecule has 2 N–H and O–H groups in total. The Bertz CT molecular complexity index is 513. The molecule has 0 aliphatic carbocycles. The summed E-state index contributed by atoms with van der Waals surface area (Å²) in [5.74, 6) is 0.621. The highest BCUT2D eigenvalue weighted by atomic mass is 127. The molecule has 88 valence electrons. The second-order valence-electron chi connectivity index (χ2n) is 3.60. The van der Waals surface area contributed by atoms with E-state index in [9.17, 15) is 0 Å². The zero-order valence-corrected chi connectivity index (χ0v) is 11.9. The molecule has 0 aromatic heterocycles. The standard InChI is InChI=1S/C13H11ClINO/c14-10-3-6-12(16)13(7-10)17-8-9-1-4-11(15)5-2-9/h1-7H,8,16H2. The Kier molecular flexibility index (Phi) is 4.12. The van der Waals surface area contributed by atoms with E-state index in [1.807, 2.05) is 24.3 Å². The number of anilines is 1. The Hall–Kier alpha value is -0.940. The minimum Gasteiger partial charge on any atom is -0.487 e. The maximum Gasteiger partial charge on any atom is 0.144 e. The van der Waals surface area contributed by atoms with E-state index in [1.165, 1.54) is 3.57 Å². The van der Waals surface area contributed by atoms with Crippen LogP contribution in [0.1, 0.15) is 5.56 Å². The molecule has 0 spiro atoms. The van der Waals surface area contributed by atoms with Crippen LogP contribution in [0.5, 0.6) is 5.75 Å². The number of halogens is 2. The van der Waals surface area contributed by atoms with Crippen LogP contribution in [0.25, 0.3) is 0 Å². The summed E-state index contributed by atoms with van der Waals surface area (Å²) in [4.78, 5) is 0. The van der Waals surface area contributed by atoms with Gasteiger partial charge in [-0.05, 0) is 52.4 Å². The van der Waals surface area contributed by atoms with Crippen molar-refractivity contribution >= 4 is 39.9 Å². The normalized spacial score (nSPS) is 10.2. The molecule has 2 aromatic carbocycles. The number of nitrogen functional groups attached to an aromatic ring is 1. The lowest BCUT2D eigenvalue weighted by Gasteiger charge is -2.09. The van der Waals surface area contributed by atoms with Crippen molar-refractivity contribution < 1.29 is 4.74 Å². The molecule has 0 fully saturated rings. The minimum absolute atomic E-state index is 0.488. The molecular weight excluding hydrogens is 349 g/mol. The maximum atomic E-state index is 5.88. The van der Waals surface area contributed by atoms with E-state index in [0.29, 0.717) is 23.1 Å². The first-order chi connectivity index (χ1) is 8.15. The van der Waals surface area contributed by atoms with E-state index in [1.54, 1.807) is 18.2 Å². The Morgan fingerprint density at radius 2 is 1.82 bits per heavy atom. The van der Waals surface area contributed by atoms with Crippen molar-refractivity contribution in [2.75, 3.05) is 5.73 Å². The maximum absolute atomic E-state index is 5.88. The van der Waals surface area contributed by atoms with Crippen LogP contribution in [0.4, 0.5) is 5.69 Å². The predicted molar refractivity (Wildman–Crippen MR) is 79.4 cm³/mol. The van der Waals surface area contributed by atoms with Crippen molar-refractivity contribution in [3.05, 3.63) is 56.6 Å². The molecule has 4 heteroatoms. The van der Waals surface area contributed by atoms with Gasteiger partial charge in [0.05, 0.1) is 5.69 Å². The van der Waals surface area contributed by atoms with Gasteiger partial charge in [0, 0.05) is 14.7 Å². The molecule has 0 aliphatic heterocycles. The van der Waals surface area contributed by atoms with Crippen LogP contribution in [0.15, 0.2) is 42.5 Å². The van der Waals surface area contributed by atoms with Gasteiger partial charge in [0.15, 0.2) is 0 Å². The van der Waals surface area contributed by atoms with Crippen LogP contribution in [0.2, 0.25) is 5.02 Å². The summed E-state index contributed by atoms with van der Waals surface area (Å²) in [5.41, 5.74) is 7.49. The Labute approximate surface area is 119 Å². The fraction of sp³-hybridized carbons (Fsp3) is 0.0769. The predicted octanol–water partition coefficient (Wildman–Crippen LogP) is 4.11. The van der Waals surface area contributed by atoms with Crippen molar-refractivity contribution in [2.24, 2.45) is 0 Å². The van der Waals surface area contributed by atoms with Crippen LogP contribution in [-0.2, 0) is 6.61 Å². The van der Waals surface area contributed by atoms with Gasteiger partial charge >= 0.3 is 0 Å². The smallest absolute Gasteiger partial charge is 0.144 e. The number of benzene rings is 2. The second kappa shape index (κ2) is 5.60. The third kappa shape index (κ3) is 3.51. The van der Waals surface area contributed by atoms with Crippen LogP contribution in [-0.4, -0.2) is 0 Å². The molecule has 17 heavy (non-hydrogen) atoms. The summed E-state index contributed by atoms with van der Waals surface area (Å²) < 4.78 is 6.83. The molecular formula is C13H11ClINO. The second-order valence-corrected chi connectivity index (χ2v) is 5.28. The van der Waals surface area contributed by atoms with E-state index in [4.69, 9.17) is 22.1 Å². The lowest BCUT2D eigenvalue weighted by molar-refractivity contribution is 0.308. The van der Waals surface area contributed by atoms with E-state index in [-0.39, 0.29) is 0 Å². The average Bonchev–Trinajstić information content (AvgIpc) is 2.32. The van der Waals surface area contributed by atoms with Crippen molar-refractivity contribution in [1.82, 2.24) is 0 Å². The third-order valence-corrected chi connectivity index (χ3v) is 3.24. The molecule has 0 saturated heterocycles. The van der Waals surface area contributed by atoms with Gasteiger partial charge in [-0.25, -0.2) is 0 Å². The van der Waals surface area contributed by atoms with E-state index in [2.05, 4.69) is 22.6 Å². The summed E-state index contributed by atoms with van der Waals surface area (Å²) >= 11 is 8.15. The molecule has 2 aromatic rings. The van der Waals surface area contributed by atoms with E-state index in [0.717, 1.165) is 5.56 Å². The van der Waals surface area contributed by atoms with Gasteiger partial charge < -0.3 is 10.5 Å².